The summed E-state index contributed by atoms with van der Waals surface area (Å²) in [5.41, 5.74) is 3.00. The van der Waals surface area contributed by atoms with Gasteiger partial charge in [0.1, 0.15) is 17.2 Å². The molecule has 3 heterocycles. The van der Waals surface area contributed by atoms with Crippen LogP contribution in [-0.2, 0) is 16.8 Å². The van der Waals surface area contributed by atoms with Crippen molar-refractivity contribution in [2.24, 2.45) is 0 Å². The molecule has 7 heteroatoms. The predicted molar refractivity (Wildman–Crippen MR) is 113 cm³/mol. The summed E-state index contributed by atoms with van der Waals surface area (Å²) in [5.74, 6) is -0.343. The van der Waals surface area contributed by atoms with Crippen LogP contribution in [0.2, 0.25) is 0 Å². The van der Waals surface area contributed by atoms with Crippen LogP contribution in [0.15, 0.2) is 54.7 Å². The number of ether oxygens (including phenoxy) is 2. The summed E-state index contributed by atoms with van der Waals surface area (Å²) in [6, 6.07) is 14.1. The predicted octanol–water partition coefficient (Wildman–Crippen LogP) is 3.72. The molecular weight excluding hydrogens is 397 g/mol. The molecule has 1 fully saturated rings. The van der Waals surface area contributed by atoms with E-state index in [9.17, 15) is 9.18 Å². The Hall–Kier alpha value is -3.19. The molecule has 160 valence electrons. The Morgan fingerprint density at radius 3 is 2.68 bits per heavy atom. The van der Waals surface area contributed by atoms with Crippen molar-refractivity contribution in [3.63, 3.8) is 0 Å². The molecule has 0 aliphatic carbocycles. The Balaban J connectivity index is 1.37. The molecule has 0 radical (unpaired) electrons. The lowest BCUT2D eigenvalue weighted by molar-refractivity contribution is -0.0963. The number of fused-ring (bicyclic) bond motifs is 2. The molecule has 2 aliphatic rings. The summed E-state index contributed by atoms with van der Waals surface area (Å²) in [5, 5.41) is 4.88. The number of piperidine rings is 1. The van der Waals surface area contributed by atoms with Gasteiger partial charge in [-0.2, -0.15) is 5.10 Å². The molecule has 5 rings (SSSR count). The van der Waals surface area contributed by atoms with Gasteiger partial charge in [0.25, 0.3) is 5.91 Å². The number of halogens is 1. The molecule has 2 aliphatic heterocycles. The first-order valence-electron chi connectivity index (χ1n) is 10.5. The minimum atomic E-state index is -0.483. The maximum absolute atomic E-state index is 13.9. The lowest BCUT2D eigenvalue weighted by atomic mass is 9.83. The highest BCUT2D eigenvalue weighted by Gasteiger charge is 2.44. The Morgan fingerprint density at radius 2 is 1.94 bits per heavy atom. The van der Waals surface area contributed by atoms with Crippen LogP contribution in [0, 0.1) is 5.82 Å². The van der Waals surface area contributed by atoms with Crippen LogP contribution >= 0.6 is 0 Å². The Morgan fingerprint density at radius 1 is 1.16 bits per heavy atom. The summed E-state index contributed by atoms with van der Waals surface area (Å²) in [7, 11) is 1.46. The number of carbonyl (C=O) groups is 1. The maximum atomic E-state index is 13.9. The lowest BCUT2D eigenvalue weighted by Crippen LogP contribution is -2.48. The molecule has 0 unspecified atom stereocenters. The third-order valence-electron chi connectivity index (χ3n) is 6.20. The molecule has 0 saturated carbocycles. The molecule has 1 spiro atoms. The molecule has 1 saturated heterocycles. The van der Waals surface area contributed by atoms with E-state index in [0.717, 1.165) is 17.8 Å². The molecule has 31 heavy (non-hydrogen) atoms. The van der Waals surface area contributed by atoms with Crippen LogP contribution in [0.4, 0.5) is 4.39 Å². The first-order chi connectivity index (χ1) is 15.1. The Labute approximate surface area is 180 Å². The van der Waals surface area contributed by atoms with E-state index in [0.29, 0.717) is 43.9 Å². The highest BCUT2D eigenvalue weighted by Crippen LogP contribution is 2.41. The standard InChI is InChI=1S/C24H24FN3O3/c1-30-21-14-18(13-19(25)15-21)23(29)27-10-8-24(9-11-27)22-17(7-12-31-24)16-28(26-22)20-5-3-2-4-6-20/h2-6,13-16H,7-12H2,1H3. The van der Waals surface area contributed by atoms with Crippen LogP contribution < -0.4 is 4.74 Å². The average Bonchev–Trinajstić information content (AvgIpc) is 3.25. The first-order valence-corrected chi connectivity index (χ1v) is 10.5. The van der Waals surface area contributed by atoms with Crippen LogP contribution in [0.1, 0.15) is 34.5 Å². The van der Waals surface area contributed by atoms with Gasteiger partial charge in [-0.05, 0) is 49.1 Å². The molecule has 1 aromatic heterocycles. The van der Waals surface area contributed by atoms with Crippen molar-refractivity contribution >= 4 is 5.91 Å². The second-order valence-corrected chi connectivity index (χ2v) is 8.05. The van der Waals surface area contributed by atoms with Gasteiger partial charge in [-0.25, -0.2) is 9.07 Å². The van der Waals surface area contributed by atoms with Crippen LogP contribution in [0.3, 0.4) is 0 Å². The number of aromatic nitrogens is 2. The quantitative estimate of drug-likeness (QED) is 0.647. The highest BCUT2D eigenvalue weighted by atomic mass is 19.1. The number of para-hydroxylation sites is 1. The summed E-state index contributed by atoms with van der Waals surface area (Å²) in [6.07, 6.45) is 4.23. The fourth-order valence-corrected chi connectivity index (χ4v) is 4.55. The smallest absolute Gasteiger partial charge is 0.254 e. The fraction of sp³-hybridized carbons (Fsp3) is 0.333. The zero-order valence-electron chi connectivity index (χ0n) is 17.4. The third-order valence-corrected chi connectivity index (χ3v) is 6.20. The van der Waals surface area contributed by atoms with Gasteiger partial charge < -0.3 is 14.4 Å². The number of nitrogens with zero attached hydrogens (tertiary/aromatic N) is 3. The summed E-state index contributed by atoms with van der Waals surface area (Å²) in [6.45, 7) is 1.69. The third kappa shape index (κ3) is 3.59. The molecule has 0 N–H and O–H groups in total. The number of likely N-dealkylation sites (tertiary alicyclic amines) is 1. The number of benzene rings is 2. The van der Waals surface area contributed by atoms with Crippen molar-refractivity contribution in [3.05, 3.63) is 77.4 Å². The number of amides is 1. The van der Waals surface area contributed by atoms with E-state index in [1.807, 2.05) is 35.0 Å². The first kappa shape index (κ1) is 19.8. The molecule has 1 amide bonds. The van der Waals surface area contributed by atoms with Gasteiger partial charge in [0.15, 0.2) is 0 Å². The summed E-state index contributed by atoms with van der Waals surface area (Å²) >= 11 is 0. The van der Waals surface area contributed by atoms with E-state index in [-0.39, 0.29) is 5.91 Å². The van der Waals surface area contributed by atoms with Crippen LogP contribution in [0.5, 0.6) is 5.75 Å². The fourth-order valence-electron chi connectivity index (χ4n) is 4.55. The van der Waals surface area contributed by atoms with Crippen LogP contribution in [0.25, 0.3) is 5.69 Å². The van der Waals surface area contributed by atoms with Gasteiger partial charge in [-0.3, -0.25) is 4.79 Å². The van der Waals surface area contributed by atoms with Gasteiger partial charge in [0, 0.05) is 30.9 Å². The highest BCUT2D eigenvalue weighted by molar-refractivity contribution is 5.94. The number of methoxy groups -OCH3 is 1. The minimum absolute atomic E-state index is 0.196. The molecule has 3 aromatic rings. The second-order valence-electron chi connectivity index (χ2n) is 8.05. The number of hydrogen-bond acceptors (Lipinski definition) is 4. The monoisotopic (exact) mass is 421 g/mol. The van der Waals surface area contributed by atoms with Gasteiger partial charge in [0.05, 0.1) is 25.1 Å². The van der Waals surface area contributed by atoms with Crippen molar-refractivity contribution in [1.82, 2.24) is 14.7 Å². The van der Waals surface area contributed by atoms with Crippen molar-refractivity contribution < 1.29 is 18.7 Å². The van der Waals surface area contributed by atoms with Gasteiger partial charge in [-0.1, -0.05) is 18.2 Å². The summed E-state index contributed by atoms with van der Waals surface area (Å²) in [4.78, 5) is 14.7. The normalized spacial score (nSPS) is 17.4. The van der Waals surface area contributed by atoms with E-state index >= 15 is 0 Å². The number of rotatable bonds is 3. The molecule has 2 aromatic carbocycles. The number of carbonyl (C=O) groups excluding carboxylic acids is 1. The Kier molecular flexibility index (Phi) is 4.98. The van der Waals surface area contributed by atoms with Crippen molar-refractivity contribution in [3.8, 4) is 11.4 Å². The van der Waals surface area contributed by atoms with E-state index in [4.69, 9.17) is 14.6 Å². The zero-order chi connectivity index (χ0) is 21.4. The van der Waals surface area contributed by atoms with Gasteiger partial charge in [0.2, 0.25) is 0 Å². The zero-order valence-corrected chi connectivity index (χ0v) is 17.4. The van der Waals surface area contributed by atoms with Gasteiger partial charge in [-0.15, -0.1) is 0 Å². The van der Waals surface area contributed by atoms with E-state index < -0.39 is 11.4 Å². The summed E-state index contributed by atoms with van der Waals surface area (Å²) < 4.78 is 27.1. The van der Waals surface area contributed by atoms with E-state index in [2.05, 4.69) is 6.20 Å². The van der Waals surface area contributed by atoms with Crippen molar-refractivity contribution in [1.29, 1.82) is 0 Å². The molecule has 0 atom stereocenters. The second kappa shape index (κ2) is 7.81. The molecular formula is C24H24FN3O3. The minimum Gasteiger partial charge on any atom is -0.497 e. The van der Waals surface area contributed by atoms with E-state index in [1.165, 1.54) is 24.8 Å². The van der Waals surface area contributed by atoms with Gasteiger partial charge >= 0.3 is 0 Å². The average molecular weight is 421 g/mol. The van der Waals surface area contributed by atoms with Crippen molar-refractivity contribution in [2.45, 2.75) is 24.9 Å². The van der Waals surface area contributed by atoms with Crippen molar-refractivity contribution in [2.75, 3.05) is 26.8 Å². The molecule has 0 bridgehead atoms. The lowest BCUT2D eigenvalue weighted by Gasteiger charge is -2.43. The maximum Gasteiger partial charge on any atom is 0.254 e. The Bertz CT molecular complexity index is 1100. The SMILES string of the molecule is COc1cc(F)cc(C(=O)N2CCC3(CC2)OCCc2cn(-c4ccccc4)nc23)c1. The number of hydrogen-bond donors (Lipinski definition) is 0. The topological polar surface area (TPSA) is 56.6 Å². The van der Waals surface area contributed by atoms with Crippen LogP contribution in [-0.4, -0.2) is 47.4 Å². The van der Waals surface area contributed by atoms with E-state index in [1.54, 1.807) is 11.0 Å². The largest absolute Gasteiger partial charge is 0.497 e. The molecule has 6 nitrogen and oxygen atoms in total.